The molecule has 0 aliphatic rings. The second-order valence-electron chi connectivity index (χ2n) is 4.65. The van der Waals surface area contributed by atoms with Crippen LogP contribution in [0.2, 0.25) is 0 Å². The first-order valence-corrected chi connectivity index (χ1v) is 8.84. The molecule has 0 aliphatic carbocycles. The molecule has 0 spiro atoms. The molecule has 0 atom stereocenters. The zero-order valence-corrected chi connectivity index (χ0v) is 14.9. The average molecular weight is 417 g/mol. The van der Waals surface area contributed by atoms with Gasteiger partial charge in [0, 0.05) is 0 Å². The fourth-order valence-corrected chi connectivity index (χ4v) is 3.98. The molecule has 0 amide bonds. The van der Waals surface area contributed by atoms with Gasteiger partial charge in [-0.3, -0.25) is 4.72 Å². The van der Waals surface area contributed by atoms with Gasteiger partial charge in [-0.15, -0.1) is 0 Å². The minimum atomic E-state index is -3.61. The second kappa shape index (κ2) is 6.23. The fourth-order valence-electron chi connectivity index (χ4n) is 1.88. The van der Waals surface area contributed by atoms with Crippen molar-refractivity contribution >= 4 is 38.3 Å². The number of halogens is 1. The molecule has 0 radical (unpaired) electrons. The van der Waals surface area contributed by atoms with Crippen molar-refractivity contribution in [3.63, 3.8) is 0 Å². The van der Waals surface area contributed by atoms with Crippen molar-refractivity contribution in [2.24, 2.45) is 0 Å². The highest BCUT2D eigenvalue weighted by atomic mass is 127. The summed E-state index contributed by atoms with van der Waals surface area (Å²) in [5.41, 5.74) is 2.56. The van der Waals surface area contributed by atoms with Crippen LogP contribution >= 0.6 is 22.6 Å². The van der Waals surface area contributed by atoms with Crippen molar-refractivity contribution in [2.45, 2.75) is 18.7 Å². The number of aryl methyl sites for hydroxylation is 1. The Morgan fingerprint density at radius 1 is 1.14 bits per heavy atom. The average Bonchev–Trinajstić information content (AvgIpc) is 2.43. The third kappa shape index (κ3) is 3.49. The Bertz CT molecular complexity index is 772. The molecule has 0 aromatic heterocycles. The molecule has 1 N–H and O–H groups in total. The predicted octanol–water partition coefficient (Wildman–Crippen LogP) is 3.72. The van der Waals surface area contributed by atoms with E-state index in [9.17, 15) is 8.42 Å². The lowest BCUT2D eigenvalue weighted by molar-refractivity contribution is 0.411. The summed E-state index contributed by atoms with van der Waals surface area (Å²) in [6.07, 6.45) is 0. The van der Waals surface area contributed by atoms with E-state index >= 15 is 0 Å². The van der Waals surface area contributed by atoms with Crippen molar-refractivity contribution in [3.05, 3.63) is 51.1 Å². The van der Waals surface area contributed by atoms with E-state index in [0.717, 1.165) is 14.7 Å². The van der Waals surface area contributed by atoms with E-state index in [4.69, 9.17) is 4.74 Å². The van der Waals surface area contributed by atoms with Gasteiger partial charge < -0.3 is 4.74 Å². The summed E-state index contributed by atoms with van der Waals surface area (Å²) in [6.45, 7) is 3.84. The van der Waals surface area contributed by atoms with Crippen LogP contribution < -0.4 is 9.46 Å². The third-order valence-electron chi connectivity index (χ3n) is 3.28. The number of ether oxygens (including phenoxy) is 1. The normalized spacial score (nSPS) is 11.2. The van der Waals surface area contributed by atoms with Gasteiger partial charge in [0.05, 0.1) is 21.3 Å². The molecule has 0 fully saturated rings. The van der Waals surface area contributed by atoms with Crippen LogP contribution in [-0.2, 0) is 10.0 Å². The van der Waals surface area contributed by atoms with Crippen LogP contribution in [0.15, 0.2) is 41.3 Å². The Labute approximate surface area is 138 Å². The third-order valence-corrected chi connectivity index (χ3v) is 5.49. The van der Waals surface area contributed by atoms with Crippen LogP contribution in [-0.4, -0.2) is 15.5 Å². The summed E-state index contributed by atoms with van der Waals surface area (Å²) in [4.78, 5) is 0.216. The molecule has 0 heterocycles. The van der Waals surface area contributed by atoms with E-state index in [1.165, 1.54) is 6.07 Å². The first-order chi connectivity index (χ1) is 9.85. The van der Waals surface area contributed by atoms with Crippen LogP contribution in [0.3, 0.4) is 0 Å². The molecular formula is C15H16INO3S. The Kier molecular flexibility index (Phi) is 4.77. The maximum atomic E-state index is 12.5. The van der Waals surface area contributed by atoms with Crippen LogP contribution in [0.4, 0.5) is 5.69 Å². The summed E-state index contributed by atoms with van der Waals surface area (Å²) in [5, 5.41) is 0. The van der Waals surface area contributed by atoms with Gasteiger partial charge in [-0.05, 0) is 71.8 Å². The quantitative estimate of drug-likeness (QED) is 0.772. The summed E-state index contributed by atoms with van der Waals surface area (Å²) < 4.78 is 33.5. The van der Waals surface area contributed by atoms with Crippen LogP contribution in [0.5, 0.6) is 5.75 Å². The van der Waals surface area contributed by atoms with E-state index in [1.807, 2.05) is 26.0 Å². The zero-order chi connectivity index (χ0) is 15.6. The lowest BCUT2D eigenvalue weighted by Crippen LogP contribution is -2.14. The highest BCUT2D eigenvalue weighted by Gasteiger charge is 2.17. The molecule has 21 heavy (non-hydrogen) atoms. The molecule has 0 unspecified atom stereocenters. The fraction of sp³-hybridized carbons (Fsp3) is 0.200. The molecule has 0 saturated carbocycles. The predicted molar refractivity (Wildman–Crippen MR) is 92.4 cm³/mol. The molecule has 2 aromatic carbocycles. The summed E-state index contributed by atoms with van der Waals surface area (Å²) >= 11 is 2.05. The summed E-state index contributed by atoms with van der Waals surface area (Å²) in [6, 6.07) is 10.3. The number of benzene rings is 2. The molecule has 0 bridgehead atoms. The van der Waals surface area contributed by atoms with Gasteiger partial charge in [0.2, 0.25) is 0 Å². The number of methoxy groups -OCH3 is 1. The van der Waals surface area contributed by atoms with Crippen molar-refractivity contribution in [2.75, 3.05) is 11.8 Å². The molecule has 0 aliphatic heterocycles. The molecule has 6 heteroatoms. The van der Waals surface area contributed by atoms with E-state index < -0.39 is 10.0 Å². The van der Waals surface area contributed by atoms with Crippen molar-refractivity contribution in [1.29, 1.82) is 0 Å². The number of sulfonamides is 1. The number of hydrogen-bond acceptors (Lipinski definition) is 3. The first kappa shape index (κ1) is 16.1. The number of rotatable bonds is 4. The van der Waals surface area contributed by atoms with Gasteiger partial charge in [0.1, 0.15) is 5.75 Å². The number of nitrogens with one attached hydrogen (secondary N) is 1. The minimum absolute atomic E-state index is 0.216. The molecule has 112 valence electrons. The van der Waals surface area contributed by atoms with Crippen LogP contribution in [0.25, 0.3) is 0 Å². The van der Waals surface area contributed by atoms with E-state index in [1.54, 1.807) is 25.3 Å². The minimum Gasteiger partial charge on any atom is -0.496 e. The van der Waals surface area contributed by atoms with Gasteiger partial charge >= 0.3 is 0 Å². The summed E-state index contributed by atoms with van der Waals surface area (Å²) in [5.74, 6) is 0.654. The Hall–Kier alpha value is -1.28. The lowest BCUT2D eigenvalue weighted by atomic mass is 10.1. The van der Waals surface area contributed by atoms with Gasteiger partial charge in [0.25, 0.3) is 10.0 Å². The first-order valence-electron chi connectivity index (χ1n) is 6.27. The Balaban J connectivity index is 2.39. The maximum Gasteiger partial charge on any atom is 0.261 e. The highest BCUT2D eigenvalue weighted by molar-refractivity contribution is 14.1. The molecular weight excluding hydrogens is 401 g/mol. The molecule has 4 nitrogen and oxygen atoms in total. The van der Waals surface area contributed by atoms with Gasteiger partial charge in [-0.1, -0.05) is 12.1 Å². The number of hydrogen-bond donors (Lipinski definition) is 1. The molecule has 0 saturated heterocycles. The second-order valence-corrected chi connectivity index (χ2v) is 7.49. The van der Waals surface area contributed by atoms with E-state index in [2.05, 4.69) is 27.3 Å². The Morgan fingerprint density at radius 3 is 2.48 bits per heavy atom. The Morgan fingerprint density at radius 2 is 1.86 bits per heavy atom. The van der Waals surface area contributed by atoms with Crippen LogP contribution in [0.1, 0.15) is 11.1 Å². The molecule has 2 aromatic rings. The van der Waals surface area contributed by atoms with Crippen molar-refractivity contribution in [1.82, 2.24) is 0 Å². The van der Waals surface area contributed by atoms with Gasteiger partial charge in [0.15, 0.2) is 0 Å². The van der Waals surface area contributed by atoms with Crippen molar-refractivity contribution < 1.29 is 13.2 Å². The largest absolute Gasteiger partial charge is 0.496 e. The highest BCUT2D eigenvalue weighted by Crippen LogP contribution is 2.26. The van der Waals surface area contributed by atoms with E-state index in [0.29, 0.717) is 11.4 Å². The lowest BCUT2D eigenvalue weighted by Gasteiger charge is -2.13. The molecule has 2 rings (SSSR count). The zero-order valence-electron chi connectivity index (χ0n) is 12.0. The SMILES string of the molecule is COc1ccc(S(=O)(=O)Nc2cccc(C)c2C)cc1I. The van der Waals surface area contributed by atoms with Gasteiger partial charge in [-0.25, -0.2) is 8.42 Å². The standard InChI is InChI=1S/C15H16INO3S/c1-10-5-4-6-14(11(10)2)17-21(18,19)12-7-8-15(20-3)13(16)9-12/h4-9,17H,1-3H3. The van der Waals surface area contributed by atoms with E-state index in [-0.39, 0.29) is 4.90 Å². The maximum absolute atomic E-state index is 12.5. The van der Waals surface area contributed by atoms with Crippen LogP contribution in [0, 0.1) is 17.4 Å². The smallest absolute Gasteiger partial charge is 0.261 e. The monoisotopic (exact) mass is 417 g/mol. The van der Waals surface area contributed by atoms with Gasteiger partial charge in [-0.2, -0.15) is 0 Å². The number of anilines is 1. The summed E-state index contributed by atoms with van der Waals surface area (Å²) in [7, 11) is -2.05. The van der Waals surface area contributed by atoms with Crippen molar-refractivity contribution in [3.8, 4) is 5.75 Å². The topological polar surface area (TPSA) is 55.4 Å².